The molecule has 1 aromatic rings. The highest BCUT2D eigenvalue weighted by atomic mass is 32.2. The summed E-state index contributed by atoms with van der Waals surface area (Å²) >= 11 is 3.03. The molecule has 0 aliphatic rings. The van der Waals surface area contributed by atoms with E-state index in [1.54, 1.807) is 0 Å². The van der Waals surface area contributed by atoms with Gasteiger partial charge in [-0.1, -0.05) is 58.4 Å². The Bertz CT molecular complexity index is 585. The second-order valence-corrected chi connectivity index (χ2v) is 9.78. The Kier molecular flexibility index (Phi) is 9.55. The van der Waals surface area contributed by atoms with Crippen LogP contribution in [0.5, 0.6) is 0 Å². The van der Waals surface area contributed by atoms with Gasteiger partial charge in [0.05, 0.1) is 9.77 Å². The van der Waals surface area contributed by atoms with Crippen LogP contribution < -0.4 is 0 Å². The molecule has 1 heterocycles. The minimum atomic E-state index is -3.20. The van der Waals surface area contributed by atoms with Crippen molar-refractivity contribution in [1.29, 1.82) is 0 Å². The first kappa shape index (κ1) is 20.8. The van der Waals surface area contributed by atoms with Crippen molar-refractivity contribution in [3.63, 3.8) is 0 Å². The topological polar surface area (TPSA) is 34.1 Å². The van der Waals surface area contributed by atoms with Gasteiger partial charge in [-0.2, -0.15) is 0 Å². The molecular weight excluding hydrogens is 344 g/mol. The van der Waals surface area contributed by atoms with Crippen molar-refractivity contribution in [2.75, 3.05) is 12.5 Å². The molecule has 0 amide bonds. The van der Waals surface area contributed by atoms with Crippen LogP contribution in [0.4, 0.5) is 0 Å². The van der Waals surface area contributed by atoms with Gasteiger partial charge < -0.3 is 0 Å². The first-order valence-corrected chi connectivity index (χ1v) is 12.4. The minimum absolute atomic E-state index is 0.518. The summed E-state index contributed by atoms with van der Waals surface area (Å²) in [6.45, 7) is 6.22. The zero-order valence-corrected chi connectivity index (χ0v) is 17.1. The van der Waals surface area contributed by atoms with E-state index in [0.29, 0.717) is 4.90 Å². The van der Waals surface area contributed by atoms with E-state index in [1.807, 2.05) is 11.6 Å². The SMILES string of the molecule is C=C(SC)c1scc(CCCCCCCCCC)c1S(C)(=O)=O. The number of hydrogen-bond acceptors (Lipinski definition) is 4. The third kappa shape index (κ3) is 7.02. The molecule has 0 bridgehead atoms. The summed E-state index contributed by atoms with van der Waals surface area (Å²) in [5, 5.41) is 2.01. The van der Waals surface area contributed by atoms with Crippen LogP contribution in [-0.4, -0.2) is 20.9 Å². The summed E-state index contributed by atoms with van der Waals surface area (Å²) in [7, 11) is -3.20. The van der Waals surface area contributed by atoms with Crippen LogP contribution in [0.1, 0.15) is 68.7 Å². The van der Waals surface area contributed by atoms with E-state index < -0.39 is 9.84 Å². The van der Waals surface area contributed by atoms with Gasteiger partial charge in [-0.05, 0) is 30.0 Å². The van der Waals surface area contributed by atoms with Gasteiger partial charge in [-0.3, -0.25) is 0 Å². The largest absolute Gasteiger partial charge is 0.224 e. The lowest BCUT2D eigenvalue weighted by molar-refractivity contribution is 0.573. The Balaban J connectivity index is 2.54. The Morgan fingerprint density at radius 3 is 2.22 bits per heavy atom. The minimum Gasteiger partial charge on any atom is -0.224 e. The molecule has 0 aromatic carbocycles. The Morgan fingerprint density at radius 1 is 1.13 bits per heavy atom. The molecule has 0 atom stereocenters. The average molecular weight is 375 g/mol. The van der Waals surface area contributed by atoms with Gasteiger partial charge in [0.1, 0.15) is 0 Å². The predicted molar refractivity (Wildman–Crippen MR) is 106 cm³/mol. The van der Waals surface area contributed by atoms with Gasteiger partial charge >= 0.3 is 0 Å². The maximum absolute atomic E-state index is 12.1. The Hall–Kier alpha value is -0.260. The monoisotopic (exact) mass is 374 g/mol. The van der Waals surface area contributed by atoms with E-state index in [-0.39, 0.29) is 0 Å². The van der Waals surface area contributed by atoms with Crippen LogP contribution >= 0.6 is 23.1 Å². The normalized spacial score (nSPS) is 11.8. The quantitative estimate of drug-likeness (QED) is 0.410. The molecule has 5 heteroatoms. The van der Waals surface area contributed by atoms with Crippen LogP contribution in [0.15, 0.2) is 16.9 Å². The standard InChI is InChI=1S/C18H30O2S3/c1-5-6-7-8-9-10-11-12-13-16-14-22-17(15(2)21-3)18(16)23(4,19)20/h14H,2,5-13H2,1,3-4H3. The van der Waals surface area contributed by atoms with Gasteiger partial charge in [0.2, 0.25) is 0 Å². The van der Waals surface area contributed by atoms with Crippen molar-refractivity contribution in [2.45, 2.75) is 69.6 Å². The van der Waals surface area contributed by atoms with Crippen LogP contribution in [0, 0.1) is 0 Å². The fourth-order valence-corrected chi connectivity index (χ4v) is 6.08. The lowest BCUT2D eigenvalue weighted by Crippen LogP contribution is -2.02. The van der Waals surface area contributed by atoms with E-state index in [4.69, 9.17) is 0 Å². The van der Waals surface area contributed by atoms with Gasteiger partial charge in [0.15, 0.2) is 9.84 Å². The van der Waals surface area contributed by atoms with E-state index in [1.165, 1.54) is 74.3 Å². The van der Waals surface area contributed by atoms with Crippen molar-refractivity contribution in [1.82, 2.24) is 0 Å². The molecule has 0 aliphatic heterocycles. The summed E-state index contributed by atoms with van der Waals surface area (Å²) in [4.78, 5) is 2.19. The van der Waals surface area contributed by atoms with E-state index in [9.17, 15) is 8.42 Å². The number of aryl methyl sites for hydroxylation is 1. The fraction of sp³-hybridized carbons (Fsp3) is 0.667. The molecule has 1 rings (SSSR count). The Morgan fingerprint density at radius 2 is 1.70 bits per heavy atom. The first-order valence-electron chi connectivity index (χ1n) is 8.45. The third-order valence-corrected chi connectivity index (χ3v) is 7.24. The highest BCUT2D eigenvalue weighted by Gasteiger charge is 2.21. The summed E-state index contributed by atoms with van der Waals surface area (Å²) in [5.74, 6) is 0. The summed E-state index contributed by atoms with van der Waals surface area (Å²) < 4.78 is 24.3. The molecule has 0 N–H and O–H groups in total. The molecule has 0 unspecified atom stereocenters. The number of rotatable bonds is 12. The second kappa shape index (κ2) is 10.6. The molecule has 0 spiro atoms. The predicted octanol–water partition coefficient (Wildman–Crippen LogP) is 6.17. The van der Waals surface area contributed by atoms with Gasteiger partial charge in [0, 0.05) is 11.2 Å². The summed E-state index contributed by atoms with van der Waals surface area (Å²) in [6, 6.07) is 0. The third-order valence-electron chi connectivity index (χ3n) is 3.99. The molecular formula is C18H30O2S3. The number of hydrogen-bond donors (Lipinski definition) is 0. The van der Waals surface area contributed by atoms with E-state index in [2.05, 4.69) is 13.5 Å². The van der Waals surface area contributed by atoms with Crippen molar-refractivity contribution in [3.05, 3.63) is 22.4 Å². The van der Waals surface area contributed by atoms with Gasteiger partial charge in [0.25, 0.3) is 0 Å². The van der Waals surface area contributed by atoms with Crippen molar-refractivity contribution in [2.24, 2.45) is 0 Å². The van der Waals surface area contributed by atoms with Crippen molar-refractivity contribution >= 4 is 37.8 Å². The zero-order valence-electron chi connectivity index (χ0n) is 14.7. The van der Waals surface area contributed by atoms with Crippen LogP contribution in [0.3, 0.4) is 0 Å². The van der Waals surface area contributed by atoms with Crippen molar-refractivity contribution < 1.29 is 8.42 Å². The summed E-state index contributed by atoms with van der Waals surface area (Å²) in [5.41, 5.74) is 0.980. The fourth-order valence-electron chi connectivity index (χ4n) is 2.70. The van der Waals surface area contributed by atoms with E-state index in [0.717, 1.165) is 28.2 Å². The van der Waals surface area contributed by atoms with Gasteiger partial charge in [-0.25, -0.2) is 8.42 Å². The molecule has 0 fully saturated rings. The molecule has 0 saturated heterocycles. The smallest absolute Gasteiger partial charge is 0.177 e. The molecule has 0 saturated carbocycles. The van der Waals surface area contributed by atoms with E-state index >= 15 is 0 Å². The first-order chi connectivity index (χ1) is 10.9. The maximum Gasteiger partial charge on any atom is 0.177 e. The molecule has 0 radical (unpaired) electrons. The lowest BCUT2D eigenvalue weighted by Gasteiger charge is -2.07. The van der Waals surface area contributed by atoms with Crippen LogP contribution in [0.25, 0.3) is 4.91 Å². The number of thioether (sulfide) groups is 1. The Labute approximate surface area is 150 Å². The number of unbranched alkanes of at least 4 members (excludes halogenated alkanes) is 7. The number of sulfone groups is 1. The number of thiophene rings is 1. The average Bonchev–Trinajstić information content (AvgIpc) is 2.93. The zero-order chi connectivity index (χ0) is 17.3. The van der Waals surface area contributed by atoms with Crippen LogP contribution in [-0.2, 0) is 16.3 Å². The van der Waals surface area contributed by atoms with Crippen molar-refractivity contribution in [3.8, 4) is 0 Å². The highest BCUT2D eigenvalue weighted by Crippen LogP contribution is 2.37. The molecule has 1 aromatic heterocycles. The maximum atomic E-state index is 12.1. The molecule has 23 heavy (non-hydrogen) atoms. The molecule has 132 valence electrons. The summed E-state index contributed by atoms with van der Waals surface area (Å²) in [6.07, 6.45) is 14.2. The highest BCUT2D eigenvalue weighted by molar-refractivity contribution is 8.07. The lowest BCUT2D eigenvalue weighted by atomic mass is 10.1. The van der Waals surface area contributed by atoms with Crippen LogP contribution in [0.2, 0.25) is 0 Å². The molecule has 2 nitrogen and oxygen atoms in total. The van der Waals surface area contributed by atoms with Gasteiger partial charge in [-0.15, -0.1) is 23.1 Å². The second-order valence-electron chi connectivity index (χ2n) is 6.04. The molecule has 0 aliphatic carbocycles.